The van der Waals surface area contributed by atoms with Gasteiger partial charge >= 0.3 is 0 Å². The Hall–Kier alpha value is -1.29. The van der Waals surface area contributed by atoms with Gasteiger partial charge in [-0.2, -0.15) is 0 Å². The van der Waals surface area contributed by atoms with Gasteiger partial charge in [0.15, 0.2) is 0 Å². The first-order chi connectivity index (χ1) is 9.66. The molecule has 20 heavy (non-hydrogen) atoms. The highest BCUT2D eigenvalue weighted by Crippen LogP contribution is 2.33. The number of carbonyl (C=O) groups is 1. The largest absolute Gasteiger partial charge is 0.469 e. The van der Waals surface area contributed by atoms with Gasteiger partial charge < -0.3 is 14.8 Å². The zero-order valence-electron chi connectivity index (χ0n) is 11.9. The summed E-state index contributed by atoms with van der Waals surface area (Å²) >= 11 is 0. The Morgan fingerprint density at radius 2 is 2.15 bits per heavy atom. The standard InChI is InChI=1S/C16H23NO3/c18-15(11-16(19)8-2-1-3-9-16)17-13-5-4-6-14-12(13)7-10-20-14/h7,10,13,19H,1-6,8-9,11H2,(H,17,18). The molecule has 3 rings (SSSR count). The first-order valence-electron chi connectivity index (χ1n) is 7.74. The lowest BCUT2D eigenvalue weighted by atomic mass is 9.82. The van der Waals surface area contributed by atoms with Crippen LogP contribution >= 0.6 is 0 Å². The second-order valence-electron chi connectivity index (χ2n) is 6.27. The Balaban J connectivity index is 1.60. The average molecular weight is 277 g/mol. The third-order valence-corrected chi connectivity index (χ3v) is 4.66. The molecule has 1 fully saturated rings. The van der Waals surface area contributed by atoms with Crippen LogP contribution in [-0.4, -0.2) is 16.6 Å². The minimum absolute atomic E-state index is 0.0338. The highest BCUT2D eigenvalue weighted by Gasteiger charge is 2.33. The van der Waals surface area contributed by atoms with Gasteiger partial charge in [-0.25, -0.2) is 0 Å². The number of aliphatic hydroxyl groups is 1. The molecule has 2 aliphatic carbocycles. The summed E-state index contributed by atoms with van der Waals surface area (Å²) in [7, 11) is 0. The molecule has 1 heterocycles. The van der Waals surface area contributed by atoms with Gasteiger partial charge in [0.1, 0.15) is 5.76 Å². The van der Waals surface area contributed by atoms with Crippen molar-refractivity contribution in [2.75, 3.05) is 0 Å². The van der Waals surface area contributed by atoms with E-state index >= 15 is 0 Å². The summed E-state index contributed by atoms with van der Waals surface area (Å²) in [6.45, 7) is 0. The number of fused-ring (bicyclic) bond motifs is 1. The van der Waals surface area contributed by atoms with Gasteiger partial charge in [-0.05, 0) is 31.7 Å². The van der Waals surface area contributed by atoms with Crippen LogP contribution in [0.1, 0.15) is 68.7 Å². The lowest BCUT2D eigenvalue weighted by Gasteiger charge is -2.32. The molecule has 1 amide bonds. The van der Waals surface area contributed by atoms with Crippen molar-refractivity contribution >= 4 is 5.91 Å². The molecule has 1 saturated carbocycles. The SMILES string of the molecule is O=C(CC1(O)CCCCC1)NC1CCCc2occc21. The van der Waals surface area contributed by atoms with E-state index in [-0.39, 0.29) is 18.4 Å². The number of hydrogen-bond donors (Lipinski definition) is 2. The minimum Gasteiger partial charge on any atom is -0.469 e. The number of aryl methyl sites for hydroxylation is 1. The summed E-state index contributed by atoms with van der Waals surface area (Å²) < 4.78 is 5.44. The lowest BCUT2D eigenvalue weighted by Crippen LogP contribution is -2.40. The summed E-state index contributed by atoms with van der Waals surface area (Å²) in [5.41, 5.74) is 0.330. The second-order valence-corrected chi connectivity index (χ2v) is 6.27. The van der Waals surface area contributed by atoms with E-state index < -0.39 is 5.60 Å². The Kier molecular flexibility index (Phi) is 3.83. The molecule has 0 saturated heterocycles. The molecule has 1 unspecified atom stereocenters. The van der Waals surface area contributed by atoms with E-state index in [1.54, 1.807) is 6.26 Å². The molecule has 0 aliphatic heterocycles. The van der Waals surface area contributed by atoms with E-state index in [1.165, 1.54) is 6.42 Å². The van der Waals surface area contributed by atoms with Gasteiger partial charge in [-0.1, -0.05) is 19.3 Å². The summed E-state index contributed by atoms with van der Waals surface area (Å²) in [5, 5.41) is 13.5. The maximum atomic E-state index is 12.2. The molecule has 110 valence electrons. The topological polar surface area (TPSA) is 62.5 Å². The molecule has 1 aromatic rings. The van der Waals surface area contributed by atoms with Crippen molar-refractivity contribution in [2.45, 2.75) is 69.4 Å². The van der Waals surface area contributed by atoms with E-state index in [4.69, 9.17) is 4.42 Å². The molecule has 4 nitrogen and oxygen atoms in total. The summed E-state index contributed by atoms with van der Waals surface area (Å²) in [4.78, 5) is 12.2. The molecule has 0 bridgehead atoms. The van der Waals surface area contributed by atoms with Crippen molar-refractivity contribution in [2.24, 2.45) is 0 Å². The first-order valence-corrected chi connectivity index (χ1v) is 7.74. The van der Waals surface area contributed by atoms with Crippen molar-refractivity contribution in [3.05, 3.63) is 23.7 Å². The van der Waals surface area contributed by atoms with E-state index in [9.17, 15) is 9.90 Å². The highest BCUT2D eigenvalue weighted by atomic mass is 16.3. The fourth-order valence-electron chi connectivity index (χ4n) is 3.57. The van der Waals surface area contributed by atoms with Crippen LogP contribution in [0.2, 0.25) is 0 Å². The number of nitrogens with one attached hydrogen (secondary N) is 1. The predicted molar refractivity (Wildman–Crippen MR) is 75.2 cm³/mol. The quantitative estimate of drug-likeness (QED) is 0.893. The number of hydrogen-bond acceptors (Lipinski definition) is 3. The van der Waals surface area contributed by atoms with Crippen LogP contribution in [0.3, 0.4) is 0 Å². The molecule has 0 aromatic carbocycles. The van der Waals surface area contributed by atoms with Gasteiger partial charge in [-0.15, -0.1) is 0 Å². The second kappa shape index (κ2) is 5.60. The molecule has 2 N–H and O–H groups in total. The molecule has 0 radical (unpaired) electrons. The van der Waals surface area contributed by atoms with E-state index in [0.717, 1.165) is 56.3 Å². The number of carbonyl (C=O) groups excluding carboxylic acids is 1. The van der Waals surface area contributed by atoms with Crippen LogP contribution in [0.5, 0.6) is 0 Å². The van der Waals surface area contributed by atoms with Crippen LogP contribution in [0.4, 0.5) is 0 Å². The summed E-state index contributed by atoms with van der Waals surface area (Å²) in [6, 6.07) is 2.01. The van der Waals surface area contributed by atoms with Gasteiger partial charge in [0, 0.05) is 12.0 Å². The molecule has 0 spiro atoms. The van der Waals surface area contributed by atoms with E-state index in [1.807, 2.05) is 6.07 Å². The van der Waals surface area contributed by atoms with Crippen molar-refractivity contribution in [3.63, 3.8) is 0 Å². The number of furan rings is 1. The Morgan fingerprint density at radius 1 is 1.35 bits per heavy atom. The number of rotatable bonds is 3. The fourth-order valence-corrected chi connectivity index (χ4v) is 3.57. The Bertz CT molecular complexity index is 474. The normalized spacial score (nSPS) is 24.9. The van der Waals surface area contributed by atoms with Gasteiger partial charge in [0.2, 0.25) is 5.91 Å². The number of amides is 1. The lowest BCUT2D eigenvalue weighted by molar-refractivity contribution is -0.128. The molecule has 1 atom stereocenters. The maximum Gasteiger partial charge on any atom is 0.223 e. The average Bonchev–Trinajstić information content (AvgIpc) is 2.88. The van der Waals surface area contributed by atoms with E-state index in [0.29, 0.717) is 0 Å². The van der Waals surface area contributed by atoms with Crippen molar-refractivity contribution in [1.29, 1.82) is 0 Å². The minimum atomic E-state index is -0.782. The highest BCUT2D eigenvalue weighted by molar-refractivity contribution is 5.77. The van der Waals surface area contributed by atoms with Crippen molar-refractivity contribution < 1.29 is 14.3 Å². The van der Waals surface area contributed by atoms with Crippen molar-refractivity contribution in [3.8, 4) is 0 Å². The fraction of sp³-hybridized carbons (Fsp3) is 0.688. The smallest absolute Gasteiger partial charge is 0.223 e. The van der Waals surface area contributed by atoms with Gasteiger partial charge in [0.25, 0.3) is 0 Å². The molecule has 1 aromatic heterocycles. The van der Waals surface area contributed by atoms with Gasteiger partial charge in [0.05, 0.1) is 24.3 Å². The van der Waals surface area contributed by atoms with Crippen LogP contribution < -0.4 is 5.32 Å². The molecular formula is C16H23NO3. The van der Waals surface area contributed by atoms with E-state index in [2.05, 4.69) is 5.32 Å². The summed E-state index contributed by atoms with van der Waals surface area (Å²) in [6.07, 6.45) is 9.61. The Labute approximate surface area is 119 Å². The predicted octanol–water partition coefficient (Wildman–Crippen LogP) is 2.86. The Morgan fingerprint density at radius 3 is 2.95 bits per heavy atom. The van der Waals surface area contributed by atoms with Crippen LogP contribution in [0, 0.1) is 0 Å². The molecular weight excluding hydrogens is 254 g/mol. The van der Waals surface area contributed by atoms with Gasteiger partial charge in [-0.3, -0.25) is 4.79 Å². The van der Waals surface area contributed by atoms with Crippen LogP contribution in [-0.2, 0) is 11.2 Å². The first kappa shape index (κ1) is 13.7. The summed E-state index contributed by atoms with van der Waals surface area (Å²) in [5.74, 6) is 0.964. The zero-order chi connectivity index (χ0) is 14.0. The van der Waals surface area contributed by atoms with Crippen LogP contribution in [0.15, 0.2) is 16.7 Å². The van der Waals surface area contributed by atoms with Crippen LogP contribution in [0.25, 0.3) is 0 Å². The zero-order valence-corrected chi connectivity index (χ0v) is 11.9. The monoisotopic (exact) mass is 277 g/mol. The third-order valence-electron chi connectivity index (χ3n) is 4.66. The molecule has 2 aliphatic rings. The van der Waals surface area contributed by atoms with Crippen molar-refractivity contribution in [1.82, 2.24) is 5.32 Å². The maximum absolute atomic E-state index is 12.2. The third kappa shape index (κ3) is 2.90. The molecule has 4 heteroatoms.